The summed E-state index contributed by atoms with van der Waals surface area (Å²) in [5, 5.41) is 0. The summed E-state index contributed by atoms with van der Waals surface area (Å²) in [6, 6.07) is 18.4. The smallest absolute Gasteiger partial charge is 0.310 e. The Bertz CT molecular complexity index is 700. The van der Waals surface area contributed by atoms with Crippen LogP contribution in [0, 0.1) is 16.7 Å². The van der Waals surface area contributed by atoms with E-state index < -0.39 is 0 Å². The summed E-state index contributed by atoms with van der Waals surface area (Å²) in [5.74, 6) is -0.0857. The molecule has 0 saturated heterocycles. The van der Waals surface area contributed by atoms with Crippen LogP contribution in [0.1, 0.15) is 33.3 Å². The second kappa shape index (κ2) is 5.52. The van der Waals surface area contributed by atoms with Crippen LogP contribution in [0.5, 0.6) is 0 Å². The predicted octanol–water partition coefficient (Wildman–Crippen LogP) is 5.08. The zero-order valence-electron chi connectivity index (χ0n) is 14.3. The average molecular weight is 308 g/mol. The van der Waals surface area contributed by atoms with Gasteiger partial charge in [-0.15, -0.1) is 0 Å². The molecule has 120 valence electrons. The molecule has 0 radical (unpaired) electrons. The number of carbonyl (C=O) groups excluding carboxylic acids is 1. The van der Waals surface area contributed by atoms with Gasteiger partial charge in [-0.2, -0.15) is 0 Å². The summed E-state index contributed by atoms with van der Waals surface area (Å²) in [4.78, 5) is 12.3. The Morgan fingerprint density at radius 3 is 2.13 bits per heavy atom. The Balaban J connectivity index is 1.67. The maximum atomic E-state index is 12.3. The van der Waals surface area contributed by atoms with Crippen LogP contribution in [-0.2, 0) is 16.1 Å². The molecule has 0 aromatic heterocycles. The lowest BCUT2D eigenvalue weighted by atomic mass is 10.0. The van der Waals surface area contributed by atoms with Crippen LogP contribution in [-0.4, -0.2) is 5.97 Å². The highest BCUT2D eigenvalue weighted by atomic mass is 16.5. The van der Waals surface area contributed by atoms with Crippen molar-refractivity contribution < 1.29 is 9.53 Å². The van der Waals surface area contributed by atoms with E-state index in [9.17, 15) is 4.79 Å². The first kappa shape index (κ1) is 15.8. The molecule has 2 aromatic rings. The molecular weight excluding hydrogens is 284 g/mol. The first-order valence-electron chi connectivity index (χ1n) is 8.15. The van der Waals surface area contributed by atoms with E-state index in [4.69, 9.17) is 4.74 Å². The van der Waals surface area contributed by atoms with E-state index in [1.165, 1.54) is 5.56 Å². The number of ether oxygens (including phenoxy) is 1. The van der Waals surface area contributed by atoms with Crippen molar-refractivity contribution in [1.29, 1.82) is 0 Å². The molecule has 2 aromatic carbocycles. The van der Waals surface area contributed by atoms with Gasteiger partial charge >= 0.3 is 5.97 Å². The van der Waals surface area contributed by atoms with Gasteiger partial charge in [-0.1, -0.05) is 76.2 Å². The molecule has 0 heterocycles. The average Bonchev–Trinajstić information content (AvgIpc) is 2.95. The fraction of sp³-hybridized carbons (Fsp3) is 0.381. The van der Waals surface area contributed by atoms with E-state index in [0.717, 1.165) is 11.1 Å². The van der Waals surface area contributed by atoms with E-state index in [1.807, 2.05) is 30.3 Å². The van der Waals surface area contributed by atoms with Crippen molar-refractivity contribution in [2.45, 2.75) is 34.3 Å². The van der Waals surface area contributed by atoms with Crippen LogP contribution < -0.4 is 0 Å². The van der Waals surface area contributed by atoms with Crippen LogP contribution in [0.4, 0.5) is 0 Å². The minimum absolute atomic E-state index is 0.00712. The van der Waals surface area contributed by atoms with Crippen molar-refractivity contribution in [2.24, 2.45) is 16.7 Å². The second-order valence-corrected chi connectivity index (χ2v) is 7.55. The first-order chi connectivity index (χ1) is 10.8. The normalized spacial score (nSPS) is 18.4. The molecule has 1 aliphatic rings. The minimum Gasteiger partial charge on any atom is -0.461 e. The van der Waals surface area contributed by atoms with Crippen molar-refractivity contribution in [3.8, 4) is 11.1 Å². The third kappa shape index (κ3) is 2.78. The first-order valence-corrected chi connectivity index (χ1v) is 8.15. The van der Waals surface area contributed by atoms with Gasteiger partial charge < -0.3 is 4.74 Å². The Hall–Kier alpha value is -2.09. The zero-order valence-corrected chi connectivity index (χ0v) is 14.3. The van der Waals surface area contributed by atoms with E-state index in [-0.39, 0.29) is 22.7 Å². The summed E-state index contributed by atoms with van der Waals surface area (Å²) < 4.78 is 5.58. The molecule has 1 aliphatic carbocycles. The number of hydrogen-bond donors (Lipinski definition) is 0. The summed E-state index contributed by atoms with van der Waals surface area (Å²) >= 11 is 0. The Labute approximate surface area is 138 Å². The highest BCUT2D eigenvalue weighted by molar-refractivity contribution is 5.78. The molecule has 0 aliphatic heterocycles. The van der Waals surface area contributed by atoms with Gasteiger partial charge in [0.1, 0.15) is 6.61 Å². The highest BCUT2D eigenvalue weighted by Crippen LogP contribution is 2.68. The Morgan fingerprint density at radius 1 is 0.913 bits per heavy atom. The molecule has 0 bridgehead atoms. The van der Waals surface area contributed by atoms with Gasteiger partial charge in [0, 0.05) is 0 Å². The lowest BCUT2D eigenvalue weighted by molar-refractivity contribution is -0.148. The lowest BCUT2D eigenvalue weighted by Gasteiger charge is -2.08. The number of hydrogen-bond acceptors (Lipinski definition) is 2. The van der Waals surface area contributed by atoms with Crippen LogP contribution in [0.2, 0.25) is 0 Å². The van der Waals surface area contributed by atoms with Crippen LogP contribution in [0.15, 0.2) is 54.6 Å². The van der Waals surface area contributed by atoms with E-state index in [2.05, 4.69) is 52.0 Å². The second-order valence-electron chi connectivity index (χ2n) is 7.55. The van der Waals surface area contributed by atoms with Gasteiger partial charge in [0.15, 0.2) is 0 Å². The van der Waals surface area contributed by atoms with Gasteiger partial charge in [-0.05, 0) is 33.6 Å². The van der Waals surface area contributed by atoms with Gasteiger partial charge in [0.05, 0.1) is 5.92 Å². The van der Waals surface area contributed by atoms with Crippen molar-refractivity contribution in [3.63, 3.8) is 0 Å². The maximum absolute atomic E-state index is 12.3. The van der Waals surface area contributed by atoms with Gasteiger partial charge in [-0.3, -0.25) is 4.79 Å². The fourth-order valence-corrected chi connectivity index (χ4v) is 3.49. The lowest BCUT2D eigenvalue weighted by Crippen LogP contribution is -2.11. The third-order valence-corrected chi connectivity index (χ3v) is 5.67. The highest BCUT2D eigenvalue weighted by Gasteiger charge is 2.69. The van der Waals surface area contributed by atoms with Crippen LogP contribution >= 0.6 is 0 Å². The number of benzene rings is 2. The van der Waals surface area contributed by atoms with Crippen molar-refractivity contribution >= 4 is 5.97 Å². The Kier molecular flexibility index (Phi) is 3.79. The van der Waals surface area contributed by atoms with E-state index in [0.29, 0.717) is 6.61 Å². The number of carbonyl (C=O) groups is 1. The molecule has 0 amide bonds. The van der Waals surface area contributed by atoms with Crippen molar-refractivity contribution in [3.05, 3.63) is 60.2 Å². The Morgan fingerprint density at radius 2 is 1.52 bits per heavy atom. The quantitative estimate of drug-likeness (QED) is 0.736. The molecule has 0 atom stereocenters. The minimum atomic E-state index is -0.0786. The fourth-order valence-electron chi connectivity index (χ4n) is 3.49. The zero-order chi connectivity index (χ0) is 16.7. The molecule has 1 saturated carbocycles. The molecule has 0 spiro atoms. The molecule has 3 rings (SSSR count). The SMILES string of the molecule is CC1(C)C(C(=O)OCc2cccc(-c3ccccc3)c2)C1(C)C. The number of rotatable bonds is 4. The number of esters is 1. The topological polar surface area (TPSA) is 26.3 Å². The van der Waals surface area contributed by atoms with Crippen molar-refractivity contribution in [1.82, 2.24) is 0 Å². The summed E-state index contributed by atoms with van der Waals surface area (Å²) in [7, 11) is 0. The van der Waals surface area contributed by atoms with Gasteiger partial charge in [0.2, 0.25) is 0 Å². The molecule has 2 nitrogen and oxygen atoms in total. The van der Waals surface area contributed by atoms with E-state index >= 15 is 0 Å². The molecule has 23 heavy (non-hydrogen) atoms. The van der Waals surface area contributed by atoms with Gasteiger partial charge in [-0.25, -0.2) is 0 Å². The monoisotopic (exact) mass is 308 g/mol. The third-order valence-electron chi connectivity index (χ3n) is 5.67. The molecule has 0 unspecified atom stereocenters. The summed E-state index contributed by atoms with van der Waals surface area (Å²) in [6.45, 7) is 8.87. The van der Waals surface area contributed by atoms with Crippen molar-refractivity contribution in [2.75, 3.05) is 0 Å². The molecular formula is C21H24O2. The standard InChI is InChI=1S/C21H24O2/c1-20(2)18(21(20,3)4)19(22)23-14-15-9-8-12-17(13-15)16-10-6-5-7-11-16/h5-13,18H,14H2,1-4H3. The molecule has 0 N–H and O–H groups in total. The van der Waals surface area contributed by atoms with E-state index in [1.54, 1.807) is 0 Å². The van der Waals surface area contributed by atoms with Crippen LogP contribution in [0.3, 0.4) is 0 Å². The largest absolute Gasteiger partial charge is 0.461 e. The summed E-state index contributed by atoms with van der Waals surface area (Å²) in [6.07, 6.45) is 0. The predicted molar refractivity (Wildman–Crippen MR) is 92.7 cm³/mol. The maximum Gasteiger partial charge on any atom is 0.310 e. The summed E-state index contributed by atoms with van der Waals surface area (Å²) in [5.41, 5.74) is 3.39. The van der Waals surface area contributed by atoms with Crippen LogP contribution in [0.25, 0.3) is 11.1 Å². The molecule has 1 fully saturated rings. The molecule has 2 heteroatoms. The van der Waals surface area contributed by atoms with Gasteiger partial charge in [0.25, 0.3) is 0 Å².